The smallest absolute Gasteiger partial charge is 0.338 e. The van der Waals surface area contributed by atoms with E-state index in [0.717, 1.165) is 10.9 Å². The lowest BCUT2D eigenvalue weighted by molar-refractivity contribution is -0.120. The van der Waals surface area contributed by atoms with Gasteiger partial charge < -0.3 is 10.1 Å². The Hall–Kier alpha value is -3.30. The summed E-state index contributed by atoms with van der Waals surface area (Å²) >= 11 is 0. The van der Waals surface area contributed by atoms with Crippen LogP contribution in [0.2, 0.25) is 0 Å². The number of hydrogen-bond donors (Lipinski definition) is 1. The van der Waals surface area contributed by atoms with Gasteiger partial charge >= 0.3 is 5.97 Å². The molecule has 2 heterocycles. The van der Waals surface area contributed by atoms with E-state index >= 15 is 0 Å². The molecule has 0 saturated carbocycles. The number of sulfonamides is 1. The number of aromatic nitrogens is 1. The third-order valence-electron chi connectivity index (χ3n) is 5.70. The highest BCUT2D eigenvalue weighted by molar-refractivity contribution is 7.89. The predicted octanol–water partition coefficient (Wildman–Crippen LogP) is 3.45. The number of rotatable bonds is 6. The topological polar surface area (TPSA) is 106 Å². The van der Waals surface area contributed by atoms with Gasteiger partial charge in [-0.1, -0.05) is 6.07 Å². The monoisotopic (exact) mass is 467 g/mol. The maximum atomic E-state index is 13.0. The lowest BCUT2D eigenvalue weighted by atomic mass is 9.97. The number of nitrogens with zero attached hydrogens (tertiary/aromatic N) is 2. The van der Waals surface area contributed by atoms with Crippen molar-refractivity contribution >= 4 is 38.5 Å². The first kappa shape index (κ1) is 22.9. The number of carbonyl (C=O) groups excluding carboxylic acids is 2. The molecule has 0 radical (unpaired) electrons. The molecule has 1 saturated heterocycles. The van der Waals surface area contributed by atoms with E-state index in [1.807, 2.05) is 30.3 Å². The Morgan fingerprint density at radius 1 is 1.09 bits per heavy atom. The second-order valence-electron chi connectivity index (χ2n) is 7.82. The van der Waals surface area contributed by atoms with Crippen molar-refractivity contribution in [3.05, 3.63) is 66.4 Å². The Kier molecular flexibility index (Phi) is 6.71. The van der Waals surface area contributed by atoms with E-state index in [4.69, 9.17) is 4.74 Å². The van der Waals surface area contributed by atoms with Gasteiger partial charge in [-0.15, -0.1) is 0 Å². The van der Waals surface area contributed by atoms with Crippen LogP contribution in [-0.2, 0) is 19.6 Å². The molecule has 1 aliphatic heterocycles. The van der Waals surface area contributed by atoms with E-state index in [1.54, 1.807) is 13.1 Å². The summed E-state index contributed by atoms with van der Waals surface area (Å²) < 4.78 is 32.3. The van der Waals surface area contributed by atoms with Crippen molar-refractivity contribution in [3.8, 4) is 0 Å². The number of ether oxygens (including phenoxy) is 1. The third-order valence-corrected chi connectivity index (χ3v) is 7.61. The van der Waals surface area contributed by atoms with Crippen molar-refractivity contribution in [2.75, 3.05) is 25.0 Å². The number of benzene rings is 2. The minimum atomic E-state index is -3.71. The molecule has 172 valence electrons. The number of fused-ring (bicyclic) bond motifs is 1. The summed E-state index contributed by atoms with van der Waals surface area (Å²) in [5.41, 5.74) is 1.84. The van der Waals surface area contributed by atoms with Crippen LogP contribution in [0.15, 0.2) is 65.7 Å². The van der Waals surface area contributed by atoms with Crippen molar-refractivity contribution in [1.82, 2.24) is 9.29 Å². The molecule has 1 aliphatic rings. The first-order chi connectivity index (χ1) is 15.9. The number of amides is 1. The Bertz CT molecular complexity index is 1270. The van der Waals surface area contributed by atoms with Crippen LogP contribution < -0.4 is 5.32 Å². The van der Waals surface area contributed by atoms with Crippen LogP contribution in [0.3, 0.4) is 0 Å². The highest BCUT2D eigenvalue weighted by Crippen LogP contribution is 2.26. The minimum Gasteiger partial charge on any atom is -0.462 e. The lowest BCUT2D eigenvalue weighted by Gasteiger charge is -2.30. The molecule has 1 aromatic heterocycles. The normalized spacial score (nSPS) is 15.3. The molecule has 0 unspecified atom stereocenters. The van der Waals surface area contributed by atoms with Crippen LogP contribution in [0.25, 0.3) is 10.9 Å². The zero-order valence-electron chi connectivity index (χ0n) is 18.2. The van der Waals surface area contributed by atoms with Gasteiger partial charge in [0.15, 0.2) is 0 Å². The van der Waals surface area contributed by atoms with Crippen LogP contribution in [0.5, 0.6) is 0 Å². The maximum Gasteiger partial charge on any atom is 0.338 e. The minimum absolute atomic E-state index is 0.114. The summed E-state index contributed by atoms with van der Waals surface area (Å²) in [7, 11) is -3.71. The summed E-state index contributed by atoms with van der Waals surface area (Å²) in [6.45, 7) is 2.46. The molecular formula is C24H25N3O5S. The number of carbonyl (C=O) groups is 2. The van der Waals surface area contributed by atoms with Gasteiger partial charge in [0.05, 0.1) is 22.6 Å². The average molecular weight is 468 g/mol. The summed E-state index contributed by atoms with van der Waals surface area (Å²) in [6, 6.07) is 15.0. The Labute approximate surface area is 192 Å². The largest absolute Gasteiger partial charge is 0.462 e. The number of anilines is 1. The molecule has 1 fully saturated rings. The van der Waals surface area contributed by atoms with Crippen LogP contribution in [-0.4, -0.2) is 49.3 Å². The zero-order chi connectivity index (χ0) is 23.4. The van der Waals surface area contributed by atoms with E-state index in [9.17, 15) is 18.0 Å². The standard InChI is InChI=1S/C24H25N3O5S/c1-2-32-24(29)18-5-8-21(9-6-18)33(30,31)27-14-11-17(12-15-27)23(28)26-20-7-10-22-19(16-20)4-3-13-25-22/h3-10,13,16-17H,2,11-12,14-15H2,1H3,(H,26,28). The number of hydrogen-bond acceptors (Lipinski definition) is 6. The fraction of sp³-hybridized carbons (Fsp3) is 0.292. The van der Waals surface area contributed by atoms with Crippen LogP contribution >= 0.6 is 0 Å². The number of pyridine rings is 1. The molecule has 3 aromatic rings. The molecule has 33 heavy (non-hydrogen) atoms. The van der Waals surface area contributed by atoms with Crippen LogP contribution in [0, 0.1) is 5.92 Å². The molecule has 0 aliphatic carbocycles. The maximum absolute atomic E-state index is 13.0. The zero-order valence-corrected chi connectivity index (χ0v) is 19.0. The van der Waals surface area contributed by atoms with Gasteiger partial charge in [-0.25, -0.2) is 13.2 Å². The Morgan fingerprint density at radius 3 is 2.52 bits per heavy atom. The highest BCUT2D eigenvalue weighted by Gasteiger charge is 2.32. The quantitative estimate of drug-likeness (QED) is 0.557. The first-order valence-electron chi connectivity index (χ1n) is 10.8. The summed E-state index contributed by atoms with van der Waals surface area (Å²) in [4.78, 5) is 28.9. The number of nitrogens with one attached hydrogen (secondary N) is 1. The second-order valence-corrected chi connectivity index (χ2v) is 9.76. The summed E-state index contributed by atoms with van der Waals surface area (Å²) in [6.07, 6.45) is 2.58. The highest BCUT2D eigenvalue weighted by atomic mass is 32.2. The van der Waals surface area contributed by atoms with Crippen molar-refractivity contribution in [2.45, 2.75) is 24.7 Å². The third kappa shape index (κ3) is 5.04. The van der Waals surface area contributed by atoms with Gasteiger partial charge in [0.1, 0.15) is 0 Å². The van der Waals surface area contributed by atoms with Crippen molar-refractivity contribution < 1.29 is 22.7 Å². The van der Waals surface area contributed by atoms with E-state index in [2.05, 4.69) is 10.3 Å². The molecular weight excluding hydrogens is 442 g/mol. The Morgan fingerprint density at radius 2 is 1.82 bits per heavy atom. The average Bonchev–Trinajstić information content (AvgIpc) is 2.84. The summed E-state index contributed by atoms with van der Waals surface area (Å²) in [5.74, 6) is -0.878. The van der Waals surface area contributed by atoms with E-state index in [0.29, 0.717) is 24.1 Å². The van der Waals surface area contributed by atoms with Gasteiger partial charge in [0.25, 0.3) is 0 Å². The molecule has 8 nitrogen and oxygen atoms in total. The van der Waals surface area contributed by atoms with Gasteiger partial charge in [-0.3, -0.25) is 9.78 Å². The fourth-order valence-corrected chi connectivity index (χ4v) is 5.35. The van der Waals surface area contributed by atoms with E-state index in [-0.39, 0.29) is 36.4 Å². The first-order valence-corrected chi connectivity index (χ1v) is 12.3. The van der Waals surface area contributed by atoms with E-state index in [1.165, 1.54) is 28.6 Å². The molecule has 2 aromatic carbocycles. The molecule has 1 amide bonds. The lowest BCUT2D eigenvalue weighted by Crippen LogP contribution is -2.41. The van der Waals surface area contributed by atoms with Crippen molar-refractivity contribution in [3.63, 3.8) is 0 Å². The molecule has 0 atom stereocenters. The van der Waals surface area contributed by atoms with Gasteiger partial charge in [-0.05, 0) is 68.3 Å². The fourth-order valence-electron chi connectivity index (χ4n) is 3.88. The number of piperidine rings is 1. The van der Waals surface area contributed by atoms with Crippen molar-refractivity contribution in [1.29, 1.82) is 0 Å². The molecule has 1 N–H and O–H groups in total. The van der Waals surface area contributed by atoms with Crippen LogP contribution in [0.1, 0.15) is 30.1 Å². The van der Waals surface area contributed by atoms with E-state index < -0.39 is 16.0 Å². The summed E-state index contributed by atoms with van der Waals surface area (Å²) in [5, 5.41) is 3.87. The predicted molar refractivity (Wildman–Crippen MR) is 124 cm³/mol. The SMILES string of the molecule is CCOC(=O)c1ccc(S(=O)(=O)N2CCC(C(=O)Nc3ccc4ncccc4c3)CC2)cc1. The second kappa shape index (κ2) is 9.68. The molecule has 0 bridgehead atoms. The van der Waals surface area contributed by atoms with Gasteiger partial charge in [-0.2, -0.15) is 4.31 Å². The number of esters is 1. The van der Waals surface area contributed by atoms with Gasteiger partial charge in [0, 0.05) is 36.3 Å². The van der Waals surface area contributed by atoms with Crippen molar-refractivity contribution in [2.24, 2.45) is 5.92 Å². The molecule has 0 spiro atoms. The Balaban J connectivity index is 1.37. The van der Waals surface area contributed by atoms with Gasteiger partial charge in [0.2, 0.25) is 15.9 Å². The molecule has 4 rings (SSSR count). The van der Waals surface area contributed by atoms with Crippen LogP contribution in [0.4, 0.5) is 5.69 Å². The molecule has 9 heteroatoms.